The molecule has 2 nitrogen and oxygen atoms in total. The first-order valence-corrected chi connectivity index (χ1v) is 9.04. The molecule has 3 fully saturated rings. The number of carbonyl (C=O) groups is 1. The maximum absolute atomic E-state index is 12.3. The Kier molecular flexibility index (Phi) is 4.80. The van der Waals surface area contributed by atoms with Crippen molar-refractivity contribution >= 4 is 5.78 Å². The average Bonchev–Trinajstić information content (AvgIpc) is 2.92. The predicted molar refractivity (Wildman–Crippen MR) is 82.7 cm³/mol. The lowest BCUT2D eigenvalue weighted by Crippen LogP contribution is -2.46. The molecule has 1 heterocycles. The number of nitrogens with zero attached hydrogens (tertiary/aromatic N) is 1. The zero-order valence-corrected chi connectivity index (χ0v) is 13.2. The highest BCUT2D eigenvalue weighted by Gasteiger charge is 2.37. The first kappa shape index (κ1) is 14.6. The van der Waals surface area contributed by atoms with Gasteiger partial charge in [0.1, 0.15) is 5.78 Å². The number of fused-ring (bicyclic) bond motifs is 1. The van der Waals surface area contributed by atoms with Crippen molar-refractivity contribution in [1.29, 1.82) is 0 Å². The van der Waals surface area contributed by atoms with Gasteiger partial charge in [0, 0.05) is 24.9 Å². The Morgan fingerprint density at radius 3 is 2.85 bits per heavy atom. The minimum atomic E-state index is 0.361. The van der Waals surface area contributed by atoms with E-state index in [2.05, 4.69) is 11.8 Å². The first-order chi connectivity index (χ1) is 9.78. The molecule has 0 bridgehead atoms. The molecule has 4 unspecified atom stereocenters. The fourth-order valence-corrected chi connectivity index (χ4v) is 5.12. The SMILES string of the molecule is CCCC1CCC(=O)C(CN2CCCC3CCCC32)C1. The lowest BCUT2D eigenvalue weighted by atomic mass is 9.78. The van der Waals surface area contributed by atoms with Crippen molar-refractivity contribution in [2.24, 2.45) is 17.8 Å². The number of likely N-dealkylation sites (tertiary alicyclic amines) is 1. The van der Waals surface area contributed by atoms with Gasteiger partial charge < -0.3 is 0 Å². The molecular weight excluding hydrogens is 246 g/mol. The number of hydrogen-bond donors (Lipinski definition) is 0. The molecular formula is C18H31NO. The van der Waals surface area contributed by atoms with Crippen molar-refractivity contribution in [3.63, 3.8) is 0 Å². The van der Waals surface area contributed by atoms with Gasteiger partial charge in [-0.05, 0) is 56.9 Å². The van der Waals surface area contributed by atoms with E-state index in [1.165, 1.54) is 57.9 Å². The quantitative estimate of drug-likeness (QED) is 0.773. The summed E-state index contributed by atoms with van der Waals surface area (Å²) >= 11 is 0. The van der Waals surface area contributed by atoms with E-state index in [4.69, 9.17) is 0 Å². The number of piperidine rings is 1. The summed E-state index contributed by atoms with van der Waals surface area (Å²) in [5.41, 5.74) is 0. The Morgan fingerprint density at radius 1 is 1.15 bits per heavy atom. The number of carbonyl (C=O) groups excluding carboxylic acids is 1. The van der Waals surface area contributed by atoms with Gasteiger partial charge in [0.05, 0.1) is 0 Å². The van der Waals surface area contributed by atoms with Crippen LogP contribution in [0.2, 0.25) is 0 Å². The van der Waals surface area contributed by atoms with E-state index in [9.17, 15) is 4.79 Å². The van der Waals surface area contributed by atoms with E-state index in [0.717, 1.165) is 37.3 Å². The number of rotatable bonds is 4. The molecule has 114 valence electrons. The lowest BCUT2D eigenvalue weighted by Gasteiger charge is -2.40. The minimum absolute atomic E-state index is 0.361. The van der Waals surface area contributed by atoms with Crippen molar-refractivity contribution in [3.05, 3.63) is 0 Å². The van der Waals surface area contributed by atoms with Crippen molar-refractivity contribution < 1.29 is 4.79 Å². The van der Waals surface area contributed by atoms with Crippen molar-refractivity contribution in [3.8, 4) is 0 Å². The molecule has 20 heavy (non-hydrogen) atoms. The topological polar surface area (TPSA) is 20.3 Å². The van der Waals surface area contributed by atoms with E-state index in [-0.39, 0.29) is 0 Å². The zero-order valence-electron chi connectivity index (χ0n) is 13.2. The van der Waals surface area contributed by atoms with Crippen LogP contribution in [0.4, 0.5) is 0 Å². The molecule has 0 N–H and O–H groups in total. The van der Waals surface area contributed by atoms with Crippen LogP contribution in [-0.4, -0.2) is 29.8 Å². The van der Waals surface area contributed by atoms with Crippen LogP contribution in [-0.2, 0) is 4.79 Å². The lowest BCUT2D eigenvalue weighted by molar-refractivity contribution is -0.126. The van der Waals surface area contributed by atoms with Crippen LogP contribution in [0.3, 0.4) is 0 Å². The van der Waals surface area contributed by atoms with Gasteiger partial charge in [-0.2, -0.15) is 0 Å². The van der Waals surface area contributed by atoms with E-state index in [1.54, 1.807) is 0 Å². The summed E-state index contributed by atoms with van der Waals surface area (Å²) in [6, 6.07) is 0.822. The smallest absolute Gasteiger partial charge is 0.137 e. The summed E-state index contributed by atoms with van der Waals surface area (Å²) in [7, 11) is 0. The molecule has 0 spiro atoms. The first-order valence-electron chi connectivity index (χ1n) is 9.04. The van der Waals surface area contributed by atoms with Gasteiger partial charge in [-0.25, -0.2) is 0 Å². The fraction of sp³-hybridized carbons (Fsp3) is 0.944. The van der Waals surface area contributed by atoms with Crippen LogP contribution in [0.5, 0.6) is 0 Å². The Morgan fingerprint density at radius 2 is 2.00 bits per heavy atom. The molecule has 4 atom stereocenters. The Bertz CT molecular complexity index is 340. The monoisotopic (exact) mass is 277 g/mol. The van der Waals surface area contributed by atoms with Crippen molar-refractivity contribution in [2.75, 3.05) is 13.1 Å². The molecule has 2 aliphatic carbocycles. The molecule has 0 aromatic heterocycles. The third-order valence-corrected chi connectivity index (χ3v) is 6.13. The molecule has 3 aliphatic rings. The molecule has 1 aliphatic heterocycles. The molecule has 2 heteroatoms. The van der Waals surface area contributed by atoms with E-state index in [1.807, 2.05) is 0 Å². The maximum Gasteiger partial charge on any atom is 0.137 e. The Hall–Kier alpha value is -0.370. The van der Waals surface area contributed by atoms with Gasteiger partial charge in [0.15, 0.2) is 0 Å². The largest absolute Gasteiger partial charge is 0.299 e. The van der Waals surface area contributed by atoms with E-state index >= 15 is 0 Å². The second kappa shape index (κ2) is 6.60. The zero-order chi connectivity index (χ0) is 13.9. The Balaban J connectivity index is 1.59. The maximum atomic E-state index is 12.3. The second-order valence-electron chi connectivity index (χ2n) is 7.49. The summed E-state index contributed by atoms with van der Waals surface area (Å²) < 4.78 is 0. The normalized spacial score (nSPS) is 39.0. The van der Waals surface area contributed by atoms with Crippen LogP contribution >= 0.6 is 0 Å². The molecule has 3 rings (SSSR count). The number of ketones is 1. The molecule has 0 aromatic carbocycles. The fourth-order valence-electron chi connectivity index (χ4n) is 5.12. The van der Waals surface area contributed by atoms with E-state index < -0.39 is 0 Å². The summed E-state index contributed by atoms with van der Waals surface area (Å²) in [6.45, 7) is 4.61. The van der Waals surface area contributed by atoms with Gasteiger partial charge in [-0.1, -0.05) is 26.2 Å². The van der Waals surface area contributed by atoms with Gasteiger partial charge in [0.2, 0.25) is 0 Å². The molecule has 2 saturated carbocycles. The minimum Gasteiger partial charge on any atom is -0.299 e. The van der Waals surface area contributed by atoms with Crippen LogP contribution in [0, 0.1) is 17.8 Å². The highest BCUT2D eigenvalue weighted by Crippen LogP contribution is 2.38. The molecule has 0 amide bonds. The van der Waals surface area contributed by atoms with Crippen LogP contribution in [0.15, 0.2) is 0 Å². The third-order valence-electron chi connectivity index (χ3n) is 6.13. The van der Waals surface area contributed by atoms with Gasteiger partial charge in [-0.3, -0.25) is 9.69 Å². The highest BCUT2D eigenvalue weighted by molar-refractivity contribution is 5.82. The van der Waals surface area contributed by atoms with Gasteiger partial charge in [0.25, 0.3) is 0 Å². The second-order valence-corrected chi connectivity index (χ2v) is 7.49. The van der Waals surface area contributed by atoms with Crippen molar-refractivity contribution in [1.82, 2.24) is 4.90 Å². The molecule has 0 aromatic rings. The summed E-state index contributed by atoms with van der Waals surface area (Å²) in [5.74, 6) is 2.71. The molecule has 0 radical (unpaired) electrons. The predicted octanol–water partition coefficient (Wildman–Crippen LogP) is 4.04. The van der Waals surface area contributed by atoms with Gasteiger partial charge in [-0.15, -0.1) is 0 Å². The standard InChI is InChI=1S/C18H31NO/c1-2-5-14-9-10-18(20)16(12-14)13-19-11-4-7-15-6-3-8-17(15)19/h14-17H,2-13H2,1H3. The van der Waals surface area contributed by atoms with Crippen LogP contribution in [0.25, 0.3) is 0 Å². The number of Topliss-reactive ketones (excluding diaryl/α,β-unsaturated/α-hetero) is 1. The summed E-state index contributed by atoms with van der Waals surface area (Å²) in [4.78, 5) is 15.0. The third kappa shape index (κ3) is 3.10. The molecule has 1 saturated heterocycles. The van der Waals surface area contributed by atoms with Gasteiger partial charge >= 0.3 is 0 Å². The summed E-state index contributed by atoms with van der Waals surface area (Å²) in [5, 5.41) is 0. The van der Waals surface area contributed by atoms with Crippen molar-refractivity contribution in [2.45, 2.75) is 77.2 Å². The van der Waals surface area contributed by atoms with Crippen LogP contribution < -0.4 is 0 Å². The average molecular weight is 277 g/mol. The summed E-state index contributed by atoms with van der Waals surface area (Å²) in [6.07, 6.45) is 12.9. The van der Waals surface area contributed by atoms with Crippen LogP contribution in [0.1, 0.15) is 71.1 Å². The Labute approximate surface area is 124 Å². The highest BCUT2D eigenvalue weighted by atomic mass is 16.1. The van der Waals surface area contributed by atoms with E-state index in [0.29, 0.717) is 11.7 Å². The number of hydrogen-bond acceptors (Lipinski definition) is 2.